The molecule has 0 bridgehead atoms. The van der Waals surface area contributed by atoms with Crippen molar-refractivity contribution >= 4 is 49.6 Å². The van der Waals surface area contributed by atoms with Gasteiger partial charge in [-0.1, -0.05) is 164 Å². The van der Waals surface area contributed by atoms with Crippen LogP contribution in [0.2, 0.25) is 0 Å². The fourth-order valence-corrected chi connectivity index (χ4v) is 10.1. The number of para-hydroxylation sites is 2. The molecule has 61 heavy (non-hydrogen) atoms. The van der Waals surface area contributed by atoms with Crippen molar-refractivity contribution in [2.75, 3.05) is 4.90 Å². The van der Waals surface area contributed by atoms with Crippen LogP contribution in [-0.4, -0.2) is 4.57 Å². The molecule has 1 aromatic heterocycles. The monoisotopic (exact) mass is 776 g/mol. The number of benzene rings is 10. The summed E-state index contributed by atoms with van der Waals surface area (Å²) in [6.07, 6.45) is 0. The van der Waals surface area contributed by atoms with Crippen molar-refractivity contribution in [3.63, 3.8) is 0 Å². The van der Waals surface area contributed by atoms with Gasteiger partial charge in [0.2, 0.25) is 0 Å². The van der Waals surface area contributed by atoms with Crippen LogP contribution < -0.4 is 4.90 Å². The van der Waals surface area contributed by atoms with Crippen LogP contribution in [0.15, 0.2) is 243 Å². The quantitative estimate of drug-likeness (QED) is 0.156. The van der Waals surface area contributed by atoms with Gasteiger partial charge < -0.3 is 9.47 Å². The summed E-state index contributed by atoms with van der Waals surface area (Å²) in [5.41, 5.74) is 16.4. The minimum absolute atomic E-state index is 0.541. The van der Waals surface area contributed by atoms with Crippen molar-refractivity contribution < 1.29 is 0 Å². The number of nitrogens with zero attached hydrogens (tertiary/aromatic N) is 2. The first-order chi connectivity index (χ1) is 30.3. The fraction of sp³-hybridized carbons (Fsp3) is 0.0169. The normalized spacial score (nSPS) is 14.3. The molecular formula is C59H40N2. The number of rotatable bonds is 7. The number of hydrogen-bond acceptors (Lipinski definition) is 1. The predicted octanol–water partition coefficient (Wildman–Crippen LogP) is 15.4. The van der Waals surface area contributed by atoms with Crippen LogP contribution in [0.4, 0.5) is 17.1 Å². The van der Waals surface area contributed by atoms with E-state index in [-0.39, 0.29) is 0 Å². The molecule has 0 radical (unpaired) electrons. The zero-order chi connectivity index (χ0) is 40.3. The highest BCUT2D eigenvalue weighted by Gasteiger charge is 2.46. The van der Waals surface area contributed by atoms with Crippen LogP contribution in [-0.2, 0) is 5.41 Å². The van der Waals surface area contributed by atoms with Gasteiger partial charge in [0.15, 0.2) is 0 Å². The summed E-state index contributed by atoms with van der Waals surface area (Å²) in [7, 11) is 0. The Morgan fingerprint density at radius 3 is 1.61 bits per heavy atom. The molecule has 1 aliphatic carbocycles. The summed E-state index contributed by atoms with van der Waals surface area (Å²) in [6.45, 7) is 0. The van der Waals surface area contributed by atoms with E-state index in [1.54, 1.807) is 0 Å². The van der Waals surface area contributed by atoms with Gasteiger partial charge in [0.05, 0.1) is 16.4 Å². The SMILES string of the molecule is c1ccc(-c2ccc(N(c3ccccc3)c3ccc4c(c3)c3cc(C5(c6ccccc6)c6ccccc6-c6cc7ccccc7cc65)ccc3n4-c3ccccc3)cc2)cc1. The first-order valence-electron chi connectivity index (χ1n) is 21.1. The second-order valence-electron chi connectivity index (χ2n) is 16.1. The van der Waals surface area contributed by atoms with Gasteiger partial charge in [-0.25, -0.2) is 0 Å². The number of fused-ring (bicyclic) bond motifs is 7. The molecule has 2 nitrogen and oxygen atoms in total. The number of aromatic nitrogens is 1. The van der Waals surface area contributed by atoms with Gasteiger partial charge in [0, 0.05) is 33.5 Å². The van der Waals surface area contributed by atoms with E-state index >= 15 is 0 Å². The summed E-state index contributed by atoms with van der Waals surface area (Å²) >= 11 is 0. The highest BCUT2D eigenvalue weighted by Crippen LogP contribution is 2.57. The van der Waals surface area contributed by atoms with Crippen molar-refractivity contribution in [3.05, 3.63) is 265 Å². The maximum absolute atomic E-state index is 2.50. The molecule has 1 aliphatic rings. The summed E-state index contributed by atoms with van der Waals surface area (Å²) < 4.78 is 2.43. The highest BCUT2D eigenvalue weighted by molar-refractivity contribution is 6.11. The average Bonchev–Trinajstić information content (AvgIpc) is 3.82. The van der Waals surface area contributed by atoms with Gasteiger partial charge in [-0.05, 0) is 134 Å². The van der Waals surface area contributed by atoms with Crippen LogP contribution in [0, 0.1) is 0 Å². The second-order valence-corrected chi connectivity index (χ2v) is 16.1. The topological polar surface area (TPSA) is 8.17 Å². The van der Waals surface area contributed by atoms with E-state index in [4.69, 9.17) is 0 Å². The van der Waals surface area contributed by atoms with Crippen LogP contribution in [0.5, 0.6) is 0 Å². The molecule has 0 saturated carbocycles. The van der Waals surface area contributed by atoms with E-state index in [1.165, 1.54) is 77.1 Å². The molecule has 12 rings (SSSR count). The van der Waals surface area contributed by atoms with Gasteiger partial charge in [-0.2, -0.15) is 0 Å². The zero-order valence-corrected chi connectivity index (χ0v) is 33.5. The Morgan fingerprint density at radius 1 is 0.328 bits per heavy atom. The van der Waals surface area contributed by atoms with Gasteiger partial charge in [0.1, 0.15) is 0 Å². The molecule has 0 fully saturated rings. The molecule has 2 heteroatoms. The molecule has 11 aromatic rings. The Bertz CT molecular complexity index is 3390. The molecule has 1 heterocycles. The molecule has 0 saturated heterocycles. The lowest BCUT2D eigenvalue weighted by Crippen LogP contribution is -2.28. The molecule has 0 N–H and O–H groups in total. The molecule has 0 spiro atoms. The minimum Gasteiger partial charge on any atom is -0.310 e. The Morgan fingerprint density at radius 2 is 0.869 bits per heavy atom. The lowest BCUT2D eigenvalue weighted by Gasteiger charge is -2.34. The summed E-state index contributed by atoms with van der Waals surface area (Å²) in [5.74, 6) is 0. The lowest BCUT2D eigenvalue weighted by atomic mass is 9.67. The first kappa shape index (κ1) is 35.0. The third-order valence-electron chi connectivity index (χ3n) is 12.8. The molecule has 1 unspecified atom stereocenters. The van der Waals surface area contributed by atoms with Crippen molar-refractivity contribution in [2.24, 2.45) is 0 Å². The van der Waals surface area contributed by atoms with Crippen LogP contribution in [0.1, 0.15) is 22.3 Å². The highest BCUT2D eigenvalue weighted by atomic mass is 15.1. The maximum atomic E-state index is 2.50. The third-order valence-corrected chi connectivity index (χ3v) is 12.8. The third kappa shape index (κ3) is 5.50. The largest absolute Gasteiger partial charge is 0.310 e. The van der Waals surface area contributed by atoms with E-state index in [2.05, 4.69) is 252 Å². The maximum Gasteiger partial charge on any atom is 0.0714 e. The van der Waals surface area contributed by atoms with Crippen molar-refractivity contribution in [1.82, 2.24) is 4.57 Å². The van der Waals surface area contributed by atoms with Gasteiger partial charge >= 0.3 is 0 Å². The van der Waals surface area contributed by atoms with Crippen LogP contribution in [0.25, 0.3) is 60.5 Å². The van der Waals surface area contributed by atoms with E-state index in [9.17, 15) is 0 Å². The van der Waals surface area contributed by atoms with Crippen molar-refractivity contribution in [3.8, 4) is 27.9 Å². The van der Waals surface area contributed by atoms with Crippen molar-refractivity contribution in [2.45, 2.75) is 5.41 Å². The zero-order valence-electron chi connectivity index (χ0n) is 33.5. The summed E-state index contributed by atoms with van der Waals surface area (Å²) in [5, 5.41) is 4.92. The summed E-state index contributed by atoms with van der Waals surface area (Å²) in [4.78, 5) is 2.38. The van der Waals surface area contributed by atoms with E-state index in [0.717, 1.165) is 22.7 Å². The predicted molar refractivity (Wildman–Crippen MR) is 256 cm³/mol. The number of anilines is 3. The Balaban J connectivity index is 1.13. The van der Waals surface area contributed by atoms with Gasteiger partial charge in [-0.3, -0.25) is 0 Å². The molecule has 286 valence electrons. The number of hydrogen-bond donors (Lipinski definition) is 0. The minimum atomic E-state index is -0.541. The average molecular weight is 777 g/mol. The molecule has 0 amide bonds. The van der Waals surface area contributed by atoms with Gasteiger partial charge in [-0.15, -0.1) is 0 Å². The Hall–Kier alpha value is -7.94. The van der Waals surface area contributed by atoms with Crippen LogP contribution in [0.3, 0.4) is 0 Å². The molecule has 10 aromatic carbocycles. The van der Waals surface area contributed by atoms with E-state index in [1.807, 2.05) is 0 Å². The molecule has 0 aliphatic heterocycles. The van der Waals surface area contributed by atoms with Gasteiger partial charge in [0.25, 0.3) is 0 Å². The van der Waals surface area contributed by atoms with E-state index < -0.39 is 5.41 Å². The smallest absolute Gasteiger partial charge is 0.0714 e. The Kier molecular flexibility index (Phi) is 8.11. The fourth-order valence-electron chi connectivity index (χ4n) is 10.1. The lowest BCUT2D eigenvalue weighted by molar-refractivity contribution is 0.771. The first-order valence-corrected chi connectivity index (χ1v) is 21.1. The standard InChI is InChI=1S/C59H40N2/c1-5-17-41(18-6-1)42-29-32-49(33-30-42)60(47-23-9-3-10-24-47)50-34-36-58-54(40-50)53-39-46(31-35-57(53)61(58)48-25-11-4-12-26-48)59(45-21-7-2-8-22-45)55-28-16-15-27-51(55)52-37-43-19-13-14-20-44(43)38-56(52)59/h1-40H. The summed E-state index contributed by atoms with van der Waals surface area (Å²) in [6, 6.07) is 89.1. The van der Waals surface area contributed by atoms with Crippen LogP contribution >= 0.6 is 0 Å². The molecular weight excluding hydrogens is 737 g/mol. The van der Waals surface area contributed by atoms with E-state index in [0.29, 0.717) is 0 Å². The van der Waals surface area contributed by atoms with Crippen molar-refractivity contribution in [1.29, 1.82) is 0 Å². The second kappa shape index (κ2) is 14.1. The molecule has 1 atom stereocenters. The Labute approximate surface area is 355 Å².